The molecular formula is C24H29BrClN3O2. The molecule has 0 aliphatic carbocycles. The smallest absolute Gasteiger partial charge is 0.275 e. The van der Waals surface area contributed by atoms with Gasteiger partial charge in [0.05, 0.1) is 23.9 Å². The molecular weight excluding hydrogens is 478 g/mol. The highest BCUT2D eigenvalue weighted by Crippen LogP contribution is 2.45. The van der Waals surface area contributed by atoms with Crippen LogP contribution in [0.1, 0.15) is 67.9 Å². The first-order valence-electron chi connectivity index (χ1n) is 10.5. The summed E-state index contributed by atoms with van der Waals surface area (Å²) in [7, 11) is 1.53. The number of hydrogen-bond acceptors (Lipinski definition) is 4. The Hall–Kier alpha value is -2.05. The third kappa shape index (κ3) is 5.07. The van der Waals surface area contributed by atoms with E-state index in [0.717, 1.165) is 29.4 Å². The number of fused-ring (bicyclic) bond motifs is 1. The Morgan fingerprint density at radius 3 is 2.81 bits per heavy atom. The average molecular weight is 507 g/mol. The minimum atomic E-state index is -0.354. The molecule has 1 amide bonds. The lowest BCUT2D eigenvalue weighted by Gasteiger charge is -2.47. The number of nitrogens with zero attached hydrogens (tertiary/aromatic N) is 2. The molecule has 1 aliphatic heterocycles. The summed E-state index contributed by atoms with van der Waals surface area (Å²) in [5.41, 5.74) is 6.29. The quantitative estimate of drug-likeness (QED) is 0.365. The normalized spacial score (nSPS) is 17.5. The third-order valence-electron chi connectivity index (χ3n) is 5.73. The minimum absolute atomic E-state index is 0.0817. The molecule has 0 fully saturated rings. The highest BCUT2D eigenvalue weighted by atomic mass is 79.9. The van der Waals surface area contributed by atoms with Gasteiger partial charge >= 0.3 is 0 Å². The number of rotatable bonds is 6. The van der Waals surface area contributed by atoms with Gasteiger partial charge in [0, 0.05) is 27.8 Å². The Bertz CT molecular complexity index is 1010. The first kappa shape index (κ1) is 23.6. The van der Waals surface area contributed by atoms with Crippen LogP contribution in [0, 0.1) is 0 Å². The number of hydrogen-bond donors (Lipinski definition) is 1. The van der Waals surface area contributed by atoms with Crippen molar-refractivity contribution in [3.05, 3.63) is 56.5 Å². The van der Waals surface area contributed by atoms with Crippen molar-refractivity contribution in [2.24, 2.45) is 5.10 Å². The zero-order chi connectivity index (χ0) is 22.8. The number of carbonyl (C=O) groups excluding carboxylic acids is 1. The summed E-state index contributed by atoms with van der Waals surface area (Å²) in [5, 5.41) is 4.76. The van der Waals surface area contributed by atoms with Gasteiger partial charge in [0.2, 0.25) is 0 Å². The number of carbonyl (C=O) groups is 1. The Morgan fingerprint density at radius 2 is 2.13 bits per heavy atom. The molecule has 2 aromatic carbocycles. The molecule has 7 heteroatoms. The van der Waals surface area contributed by atoms with Crippen LogP contribution < -0.4 is 15.1 Å². The summed E-state index contributed by atoms with van der Waals surface area (Å²) in [5.74, 6) is 0.533. The maximum atomic E-state index is 12.6. The van der Waals surface area contributed by atoms with Crippen molar-refractivity contribution in [3.63, 3.8) is 0 Å². The van der Waals surface area contributed by atoms with Gasteiger partial charge in [-0.3, -0.25) is 4.79 Å². The lowest BCUT2D eigenvalue weighted by Crippen LogP contribution is -2.48. The van der Waals surface area contributed by atoms with E-state index in [9.17, 15) is 4.79 Å². The molecule has 1 unspecified atom stereocenters. The van der Waals surface area contributed by atoms with Gasteiger partial charge in [0.1, 0.15) is 5.75 Å². The van der Waals surface area contributed by atoms with Gasteiger partial charge in [-0.15, -0.1) is 0 Å². The molecule has 0 aromatic heterocycles. The average Bonchev–Trinajstić information content (AvgIpc) is 2.71. The molecule has 166 valence electrons. The van der Waals surface area contributed by atoms with Gasteiger partial charge in [-0.1, -0.05) is 41.4 Å². The number of ether oxygens (including phenoxy) is 1. The van der Waals surface area contributed by atoms with E-state index in [2.05, 4.69) is 65.1 Å². The molecule has 0 radical (unpaired) electrons. The van der Waals surface area contributed by atoms with Crippen LogP contribution in [0.5, 0.6) is 5.75 Å². The lowest BCUT2D eigenvalue weighted by atomic mass is 9.79. The molecule has 1 atom stereocenters. The van der Waals surface area contributed by atoms with Crippen molar-refractivity contribution in [1.82, 2.24) is 5.43 Å². The van der Waals surface area contributed by atoms with Crippen LogP contribution in [0.3, 0.4) is 0 Å². The van der Waals surface area contributed by atoms with E-state index < -0.39 is 0 Å². The maximum Gasteiger partial charge on any atom is 0.275 e. The van der Waals surface area contributed by atoms with E-state index in [-0.39, 0.29) is 11.4 Å². The molecule has 0 saturated heterocycles. The summed E-state index contributed by atoms with van der Waals surface area (Å²) >= 11 is 9.99. The third-order valence-corrected chi connectivity index (χ3v) is 6.55. The Kier molecular flexibility index (Phi) is 7.32. The van der Waals surface area contributed by atoms with E-state index in [0.29, 0.717) is 22.3 Å². The second-order valence-electron chi connectivity index (χ2n) is 8.55. The fourth-order valence-electron chi connectivity index (χ4n) is 4.35. The Morgan fingerprint density at radius 1 is 1.39 bits per heavy atom. The first-order valence-corrected chi connectivity index (χ1v) is 11.6. The van der Waals surface area contributed by atoms with Crippen LogP contribution in [0.15, 0.2) is 39.9 Å². The summed E-state index contributed by atoms with van der Waals surface area (Å²) in [6.45, 7) is 10.0. The van der Waals surface area contributed by atoms with E-state index in [1.165, 1.54) is 18.4 Å². The summed E-state index contributed by atoms with van der Waals surface area (Å²) in [4.78, 5) is 15.0. The first-order chi connectivity index (χ1) is 14.7. The molecule has 1 heterocycles. The second-order valence-corrected chi connectivity index (χ2v) is 9.87. The van der Waals surface area contributed by atoms with Crippen LogP contribution in [0.25, 0.3) is 0 Å². The fourth-order valence-corrected chi connectivity index (χ4v) is 4.91. The SMILES string of the molecule is CCCN1c2cc(Cl)c(/C=N\NC(=O)c3cc(Br)ccc3OC)cc2C(C)CC1(C)C. The molecule has 0 bridgehead atoms. The number of benzene rings is 2. The predicted octanol–water partition coefficient (Wildman–Crippen LogP) is 6.38. The number of anilines is 1. The van der Waals surface area contributed by atoms with E-state index in [4.69, 9.17) is 16.3 Å². The van der Waals surface area contributed by atoms with Gasteiger partial charge in [0.25, 0.3) is 5.91 Å². The maximum absolute atomic E-state index is 12.6. The molecule has 5 nitrogen and oxygen atoms in total. The summed E-state index contributed by atoms with van der Waals surface area (Å²) in [6, 6.07) is 9.37. The zero-order valence-electron chi connectivity index (χ0n) is 18.6. The molecule has 31 heavy (non-hydrogen) atoms. The summed E-state index contributed by atoms with van der Waals surface area (Å²) in [6.07, 6.45) is 3.74. The van der Waals surface area contributed by atoms with E-state index in [1.807, 2.05) is 12.1 Å². The van der Waals surface area contributed by atoms with Crippen molar-refractivity contribution in [2.75, 3.05) is 18.6 Å². The molecule has 2 aromatic rings. The van der Waals surface area contributed by atoms with E-state index in [1.54, 1.807) is 18.3 Å². The molecule has 1 N–H and O–H groups in total. The van der Waals surface area contributed by atoms with Gasteiger partial charge in [-0.05, 0) is 68.5 Å². The number of methoxy groups -OCH3 is 1. The van der Waals surface area contributed by atoms with Crippen LogP contribution in [-0.4, -0.2) is 31.3 Å². The molecule has 3 rings (SSSR count). The molecule has 0 saturated carbocycles. The Balaban J connectivity index is 1.85. The summed E-state index contributed by atoms with van der Waals surface area (Å²) < 4.78 is 6.05. The van der Waals surface area contributed by atoms with Crippen molar-refractivity contribution in [1.29, 1.82) is 0 Å². The number of hydrazone groups is 1. The van der Waals surface area contributed by atoms with Crippen molar-refractivity contribution < 1.29 is 9.53 Å². The number of halogens is 2. The van der Waals surface area contributed by atoms with Gasteiger partial charge in [-0.25, -0.2) is 5.43 Å². The van der Waals surface area contributed by atoms with Gasteiger partial charge in [0.15, 0.2) is 0 Å². The highest BCUT2D eigenvalue weighted by Gasteiger charge is 2.36. The topological polar surface area (TPSA) is 53.9 Å². The minimum Gasteiger partial charge on any atom is -0.496 e. The van der Waals surface area contributed by atoms with Crippen LogP contribution in [-0.2, 0) is 0 Å². The van der Waals surface area contributed by atoms with Crippen molar-refractivity contribution >= 4 is 45.3 Å². The van der Waals surface area contributed by atoms with Gasteiger partial charge in [-0.2, -0.15) is 5.10 Å². The molecule has 1 aliphatic rings. The largest absolute Gasteiger partial charge is 0.496 e. The number of nitrogens with one attached hydrogen (secondary N) is 1. The fraction of sp³-hybridized carbons (Fsp3) is 0.417. The monoisotopic (exact) mass is 505 g/mol. The highest BCUT2D eigenvalue weighted by molar-refractivity contribution is 9.10. The van der Waals surface area contributed by atoms with E-state index >= 15 is 0 Å². The number of amides is 1. The standard InChI is InChI=1S/C24H29BrClN3O2/c1-6-9-29-21-12-20(26)16(10-18(21)15(2)13-24(29,3)4)14-27-28-23(30)19-11-17(25)7-8-22(19)31-5/h7-8,10-12,14-15H,6,9,13H2,1-5H3,(H,28,30)/b27-14-. The predicted molar refractivity (Wildman–Crippen MR) is 132 cm³/mol. The van der Waals surface area contributed by atoms with Crippen LogP contribution in [0.4, 0.5) is 5.69 Å². The van der Waals surface area contributed by atoms with Crippen molar-refractivity contribution in [2.45, 2.75) is 52.0 Å². The van der Waals surface area contributed by atoms with Gasteiger partial charge < -0.3 is 9.64 Å². The van der Waals surface area contributed by atoms with Crippen LogP contribution in [0.2, 0.25) is 5.02 Å². The van der Waals surface area contributed by atoms with Crippen LogP contribution >= 0.6 is 27.5 Å². The Labute approximate surface area is 197 Å². The zero-order valence-corrected chi connectivity index (χ0v) is 21.0. The second kappa shape index (κ2) is 9.61. The molecule has 0 spiro atoms. The van der Waals surface area contributed by atoms with Crippen molar-refractivity contribution in [3.8, 4) is 5.75 Å². The lowest BCUT2D eigenvalue weighted by molar-refractivity contribution is 0.0952.